The first-order valence-electron chi connectivity index (χ1n) is 6.69. The molecule has 0 amide bonds. The van der Waals surface area contributed by atoms with Crippen LogP contribution in [0, 0.1) is 12.8 Å². The van der Waals surface area contributed by atoms with Crippen molar-refractivity contribution in [3.05, 3.63) is 35.4 Å². The molecule has 1 saturated heterocycles. The molecule has 0 spiro atoms. The van der Waals surface area contributed by atoms with E-state index in [0.717, 1.165) is 25.9 Å². The fraction of sp³-hybridized carbons (Fsp3) is 0.600. The van der Waals surface area contributed by atoms with Gasteiger partial charge in [0.05, 0.1) is 0 Å². The maximum Gasteiger partial charge on any atom is 0.00889 e. The van der Waals surface area contributed by atoms with Crippen LogP contribution in [0.15, 0.2) is 24.3 Å². The number of hydrogen-bond donors (Lipinski definition) is 1. The van der Waals surface area contributed by atoms with Gasteiger partial charge in [-0.2, -0.15) is 0 Å². The Morgan fingerprint density at radius 3 is 2.82 bits per heavy atom. The minimum absolute atomic E-state index is 0.407. The van der Waals surface area contributed by atoms with Crippen LogP contribution in [-0.4, -0.2) is 30.6 Å². The molecule has 1 aliphatic rings. The molecule has 2 N–H and O–H groups in total. The second-order valence-corrected chi connectivity index (χ2v) is 5.41. The molecule has 1 aromatic carbocycles. The van der Waals surface area contributed by atoms with Crippen LogP contribution in [-0.2, 0) is 6.42 Å². The van der Waals surface area contributed by atoms with Gasteiger partial charge in [-0.25, -0.2) is 0 Å². The third-order valence-corrected chi connectivity index (χ3v) is 4.01. The van der Waals surface area contributed by atoms with Gasteiger partial charge in [0.2, 0.25) is 0 Å². The highest BCUT2D eigenvalue weighted by atomic mass is 15.1. The lowest BCUT2D eigenvalue weighted by atomic mass is 9.94. The predicted octanol–water partition coefficient (Wildman–Crippen LogP) is 2.21. The fourth-order valence-corrected chi connectivity index (χ4v) is 2.62. The van der Waals surface area contributed by atoms with Crippen molar-refractivity contribution in [2.45, 2.75) is 32.7 Å². The number of likely N-dealkylation sites (tertiary alicyclic amines) is 1. The number of nitrogens with two attached hydrogens (primary N) is 1. The third kappa shape index (κ3) is 3.30. The number of hydrogen-bond acceptors (Lipinski definition) is 2. The molecule has 0 saturated carbocycles. The zero-order valence-electron chi connectivity index (χ0n) is 11.0. The van der Waals surface area contributed by atoms with E-state index in [-0.39, 0.29) is 0 Å². The average molecular weight is 232 g/mol. The van der Waals surface area contributed by atoms with Gasteiger partial charge in [0.15, 0.2) is 0 Å². The Bertz CT molecular complexity index is 362. The molecule has 0 aromatic heterocycles. The summed E-state index contributed by atoms with van der Waals surface area (Å²) in [5.41, 5.74) is 8.94. The fourth-order valence-electron chi connectivity index (χ4n) is 2.62. The van der Waals surface area contributed by atoms with Crippen molar-refractivity contribution in [3.63, 3.8) is 0 Å². The molecule has 1 aromatic rings. The van der Waals surface area contributed by atoms with E-state index < -0.39 is 0 Å². The second kappa shape index (κ2) is 5.65. The zero-order valence-corrected chi connectivity index (χ0v) is 11.0. The Labute approximate surface area is 105 Å². The maximum atomic E-state index is 6.05. The van der Waals surface area contributed by atoms with Crippen molar-refractivity contribution in [2.75, 3.05) is 19.6 Å². The van der Waals surface area contributed by atoms with E-state index in [1.54, 1.807) is 0 Å². The van der Waals surface area contributed by atoms with Gasteiger partial charge in [-0.15, -0.1) is 0 Å². The van der Waals surface area contributed by atoms with Crippen molar-refractivity contribution in [2.24, 2.45) is 11.7 Å². The molecular weight excluding hydrogens is 208 g/mol. The molecule has 2 heteroatoms. The Kier molecular flexibility index (Phi) is 4.19. The molecule has 0 aliphatic carbocycles. The Balaban J connectivity index is 1.85. The van der Waals surface area contributed by atoms with E-state index in [1.807, 2.05) is 0 Å². The van der Waals surface area contributed by atoms with Crippen molar-refractivity contribution >= 4 is 0 Å². The van der Waals surface area contributed by atoms with Gasteiger partial charge in [0.25, 0.3) is 0 Å². The van der Waals surface area contributed by atoms with Crippen LogP contribution in [0.2, 0.25) is 0 Å². The quantitative estimate of drug-likeness (QED) is 0.865. The van der Waals surface area contributed by atoms with Gasteiger partial charge < -0.3 is 10.6 Å². The zero-order chi connectivity index (χ0) is 12.3. The number of benzene rings is 1. The van der Waals surface area contributed by atoms with E-state index in [2.05, 4.69) is 43.0 Å². The highest BCUT2D eigenvalue weighted by Gasteiger charge is 2.22. The van der Waals surface area contributed by atoms with Gasteiger partial charge in [0.1, 0.15) is 0 Å². The first-order chi connectivity index (χ1) is 8.16. The summed E-state index contributed by atoms with van der Waals surface area (Å²) < 4.78 is 0. The number of aryl methyl sites for hydroxylation is 1. The number of rotatable bonds is 3. The Hall–Kier alpha value is -0.860. The summed E-state index contributed by atoms with van der Waals surface area (Å²) in [7, 11) is 0. The lowest BCUT2D eigenvalue weighted by Gasteiger charge is -2.35. The Morgan fingerprint density at radius 2 is 2.12 bits per heavy atom. The molecule has 1 aliphatic heterocycles. The van der Waals surface area contributed by atoms with Gasteiger partial charge >= 0.3 is 0 Å². The van der Waals surface area contributed by atoms with Gasteiger partial charge in [0, 0.05) is 19.1 Å². The molecule has 2 rings (SSSR count). The molecule has 17 heavy (non-hydrogen) atoms. The van der Waals surface area contributed by atoms with E-state index in [0.29, 0.717) is 12.0 Å². The summed E-state index contributed by atoms with van der Waals surface area (Å²) in [4.78, 5) is 2.56. The number of nitrogens with zero attached hydrogens (tertiary/aromatic N) is 1. The molecule has 0 bridgehead atoms. The summed E-state index contributed by atoms with van der Waals surface area (Å²) in [5, 5.41) is 0. The summed E-state index contributed by atoms with van der Waals surface area (Å²) in [6.07, 6.45) is 2.31. The van der Waals surface area contributed by atoms with Crippen LogP contribution in [0.3, 0.4) is 0 Å². The topological polar surface area (TPSA) is 29.3 Å². The van der Waals surface area contributed by atoms with Crippen molar-refractivity contribution in [3.8, 4) is 0 Å². The maximum absolute atomic E-state index is 6.05. The smallest absolute Gasteiger partial charge is 0.00889 e. The first kappa shape index (κ1) is 12.6. The third-order valence-electron chi connectivity index (χ3n) is 4.01. The van der Waals surface area contributed by atoms with Crippen molar-refractivity contribution in [1.82, 2.24) is 4.90 Å². The lowest BCUT2D eigenvalue weighted by molar-refractivity contribution is 0.166. The van der Waals surface area contributed by atoms with Crippen LogP contribution < -0.4 is 5.73 Å². The normalized spacial score (nSPS) is 26.1. The predicted molar refractivity (Wildman–Crippen MR) is 73.1 cm³/mol. The highest BCUT2D eigenvalue weighted by Crippen LogP contribution is 2.16. The van der Waals surface area contributed by atoms with Crippen molar-refractivity contribution < 1.29 is 0 Å². The van der Waals surface area contributed by atoms with E-state index in [4.69, 9.17) is 5.73 Å². The van der Waals surface area contributed by atoms with Gasteiger partial charge in [-0.05, 0) is 43.4 Å². The monoisotopic (exact) mass is 232 g/mol. The first-order valence-corrected chi connectivity index (χ1v) is 6.69. The van der Waals surface area contributed by atoms with Crippen LogP contribution in [0.5, 0.6) is 0 Å². The molecular formula is C15H24N2. The molecule has 94 valence electrons. The number of piperidine rings is 1. The van der Waals surface area contributed by atoms with E-state index in [1.165, 1.54) is 17.7 Å². The van der Waals surface area contributed by atoms with Crippen LogP contribution >= 0.6 is 0 Å². The largest absolute Gasteiger partial charge is 0.327 e. The van der Waals surface area contributed by atoms with E-state index >= 15 is 0 Å². The standard InChI is InChI=1S/C15H24N2/c1-12-5-3-4-6-14(12)7-9-17-10-8-15(16)13(2)11-17/h3-6,13,15H,7-11,16H2,1-2H3. The SMILES string of the molecule is Cc1ccccc1CCN1CCC(N)C(C)C1. The average Bonchev–Trinajstić information content (AvgIpc) is 2.32. The van der Waals surface area contributed by atoms with Crippen LogP contribution in [0.25, 0.3) is 0 Å². The minimum Gasteiger partial charge on any atom is -0.327 e. The lowest BCUT2D eigenvalue weighted by Crippen LogP contribution is -2.46. The minimum atomic E-state index is 0.407. The summed E-state index contributed by atoms with van der Waals surface area (Å²) in [6, 6.07) is 9.10. The molecule has 1 fully saturated rings. The molecule has 2 unspecified atom stereocenters. The van der Waals surface area contributed by atoms with E-state index in [9.17, 15) is 0 Å². The van der Waals surface area contributed by atoms with Crippen LogP contribution in [0.1, 0.15) is 24.5 Å². The van der Waals surface area contributed by atoms with Crippen molar-refractivity contribution in [1.29, 1.82) is 0 Å². The summed E-state index contributed by atoms with van der Waals surface area (Å²) in [5.74, 6) is 0.639. The molecule has 2 nitrogen and oxygen atoms in total. The molecule has 2 atom stereocenters. The van der Waals surface area contributed by atoms with Crippen LogP contribution in [0.4, 0.5) is 0 Å². The summed E-state index contributed by atoms with van der Waals surface area (Å²) >= 11 is 0. The molecule has 0 radical (unpaired) electrons. The molecule has 1 heterocycles. The van der Waals surface area contributed by atoms with Gasteiger partial charge in [-0.3, -0.25) is 0 Å². The summed E-state index contributed by atoms with van der Waals surface area (Å²) in [6.45, 7) is 7.96. The highest BCUT2D eigenvalue weighted by molar-refractivity contribution is 5.25. The Morgan fingerprint density at radius 1 is 1.35 bits per heavy atom. The second-order valence-electron chi connectivity index (χ2n) is 5.41. The van der Waals surface area contributed by atoms with Gasteiger partial charge in [-0.1, -0.05) is 31.2 Å².